The lowest BCUT2D eigenvalue weighted by molar-refractivity contribution is 0.478. The Bertz CT molecular complexity index is 193. The maximum atomic E-state index is 8.30. The topological polar surface area (TPSA) is 33.1 Å². The van der Waals surface area contributed by atoms with Gasteiger partial charge < -0.3 is 5.11 Å². The summed E-state index contributed by atoms with van der Waals surface area (Å²) in [5.74, 6) is 0. The van der Waals surface area contributed by atoms with E-state index in [0.717, 1.165) is 12.0 Å². The molecule has 0 spiro atoms. The van der Waals surface area contributed by atoms with Crippen molar-refractivity contribution in [3.8, 4) is 0 Å². The Labute approximate surface area is 53.5 Å². The van der Waals surface area contributed by atoms with E-state index in [1.54, 1.807) is 6.20 Å². The average Bonchev–Trinajstić information content (AvgIpc) is 1.91. The molecule has 2 nitrogen and oxygen atoms in total. The highest BCUT2D eigenvalue weighted by atomic mass is 16.2. The van der Waals surface area contributed by atoms with Gasteiger partial charge in [0.2, 0.25) is 0 Å². The zero-order chi connectivity index (χ0) is 6.53. The highest BCUT2D eigenvalue weighted by molar-refractivity contribution is 5.41. The van der Waals surface area contributed by atoms with Gasteiger partial charge >= 0.3 is 0 Å². The number of pyridine rings is 1. The van der Waals surface area contributed by atoms with Gasteiger partial charge in [-0.2, -0.15) is 0 Å². The molecule has 0 aliphatic heterocycles. The third-order valence-electron chi connectivity index (χ3n) is 0.933. The molecule has 0 saturated heterocycles. The quantitative estimate of drug-likeness (QED) is 0.572. The lowest BCUT2D eigenvalue weighted by Crippen LogP contribution is -1.74. The maximum absolute atomic E-state index is 8.30. The SMILES string of the molecule is OC=Cc1ccccn1. The minimum atomic E-state index is 0.764. The van der Waals surface area contributed by atoms with E-state index in [4.69, 9.17) is 5.11 Å². The van der Waals surface area contributed by atoms with Crippen LogP contribution in [0, 0.1) is 0 Å². The molecule has 0 saturated carbocycles. The zero-order valence-corrected chi connectivity index (χ0v) is 4.86. The molecule has 0 aliphatic rings. The van der Waals surface area contributed by atoms with Crippen LogP contribution in [-0.4, -0.2) is 10.1 Å². The van der Waals surface area contributed by atoms with Crippen LogP contribution < -0.4 is 0 Å². The molecule has 0 aromatic carbocycles. The van der Waals surface area contributed by atoms with Crippen molar-refractivity contribution in [3.05, 3.63) is 36.4 Å². The lowest BCUT2D eigenvalue weighted by atomic mass is 10.3. The first-order valence-corrected chi connectivity index (χ1v) is 2.65. The first-order chi connectivity index (χ1) is 4.43. The number of aromatic nitrogens is 1. The van der Waals surface area contributed by atoms with E-state index in [9.17, 15) is 0 Å². The molecule has 0 unspecified atom stereocenters. The van der Waals surface area contributed by atoms with E-state index < -0.39 is 0 Å². The van der Waals surface area contributed by atoms with Gasteiger partial charge in [0.25, 0.3) is 0 Å². The Morgan fingerprint density at radius 1 is 1.44 bits per heavy atom. The van der Waals surface area contributed by atoms with Crippen LogP contribution in [0.4, 0.5) is 0 Å². The fourth-order valence-corrected chi connectivity index (χ4v) is 0.551. The van der Waals surface area contributed by atoms with E-state index >= 15 is 0 Å². The summed E-state index contributed by atoms with van der Waals surface area (Å²) in [6, 6.07) is 5.50. The monoisotopic (exact) mass is 121 g/mol. The van der Waals surface area contributed by atoms with Crippen LogP contribution in [0.1, 0.15) is 5.69 Å². The summed E-state index contributed by atoms with van der Waals surface area (Å²) in [5, 5.41) is 8.30. The minimum absolute atomic E-state index is 0.764. The smallest absolute Gasteiger partial charge is 0.0813 e. The average molecular weight is 121 g/mol. The fourth-order valence-electron chi connectivity index (χ4n) is 0.551. The summed E-state index contributed by atoms with van der Waals surface area (Å²) in [7, 11) is 0. The number of aliphatic hydroxyl groups is 1. The third-order valence-corrected chi connectivity index (χ3v) is 0.933. The maximum Gasteiger partial charge on any atom is 0.0813 e. The molecule has 1 aromatic heterocycles. The van der Waals surface area contributed by atoms with Crippen LogP contribution in [0.15, 0.2) is 30.7 Å². The van der Waals surface area contributed by atoms with Crippen molar-refractivity contribution in [2.75, 3.05) is 0 Å². The molecule has 0 aliphatic carbocycles. The first kappa shape index (κ1) is 5.82. The predicted molar refractivity (Wildman–Crippen MR) is 35.9 cm³/mol. The molecule has 0 radical (unpaired) electrons. The molecule has 0 bridgehead atoms. The number of aliphatic hydroxyl groups excluding tert-OH is 1. The molecule has 9 heavy (non-hydrogen) atoms. The van der Waals surface area contributed by atoms with Crippen molar-refractivity contribution >= 4 is 6.08 Å². The summed E-state index contributed by atoms with van der Waals surface area (Å²) in [4.78, 5) is 3.92. The Morgan fingerprint density at radius 2 is 2.33 bits per heavy atom. The highest BCUT2D eigenvalue weighted by Crippen LogP contribution is 1.93. The van der Waals surface area contributed by atoms with Gasteiger partial charge in [-0.3, -0.25) is 4.98 Å². The second-order valence-corrected chi connectivity index (χ2v) is 1.57. The van der Waals surface area contributed by atoms with Crippen molar-refractivity contribution in [3.63, 3.8) is 0 Å². The van der Waals surface area contributed by atoms with Crippen molar-refractivity contribution in [1.82, 2.24) is 4.98 Å². The predicted octanol–water partition coefficient (Wildman–Crippen LogP) is 1.61. The van der Waals surface area contributed by atoms with Gasteiger partial charge in [0.15, 0.2) is 0 Å². The lowest BCUT2D eigenvalue weighted by Gasteiger charge is -1.85. The number of hydrogen-bond acceptors (Lipinski definition) is 2. The largest absolute Gasteiger partial charge is 0.516 e. The number of rotatable bonds is 1. The second-order valence-electron chi connectivity index (χ2n) is 1.57. The summed E-state index contributed by atoms with van der Waals surface area (Å²) in [6.07, 6.45) is 4.18. The van der Waals surface area contributed by atoms with Crippen LogP contribution in [0.25, 0.3) is 6.08 Å². The van der Waals surface area contributed by atoms with E-state index in [0.29, 0.717) is 0 Å². The molecule has 1 N–H and O–H groups in total. The van der Waals surface area contributed by atoms with Crippen molar-refractivity contribution in [1.29, 1.82) is 0 Å². The number of nitrogens with zero attached hydrogens (tertiary/aromatic N) is 1. The van der Waals surface area contributed by atoms with Crippen LogP contribution in [0.3, 0.4) is 0 Å². The van der Waals surface area contributed by atoms with E-state index in [1.165, 1.54) is 6.08 Å². The van der Waals surface area contributed by atoms with E-state index in [-0.39, 0.29) is 0 Å². The Hall–Kier alpha value is -1.31. The first-order valence-electron chi connectivity index (χ1n) is 2.65. The van der Waals surface area contributed by atoms with Gasteiger partial charge in [-0.15, -0.1) is 0 Å². The van der Waals surface area contributed by atoms with E-state index in [1.807, 2.05) is 18.2 Å². The zero-order valence-electron chi connectivity index (χ0n) is 4.86. The summed E-state index contributed by atoms with van der Waals surface area (Å²) < 4.78 is 0. The molecular formula is C7H7NO. The van der Waals surface area contributed by atoms with Gasteiger partial charge in [0.05, 0.1) is 12.0 Å². The molecular weight excluding hydrogens is 114 g/mol. The molecule has 0 amide bonds. The van der Waals surface area contributed by atoms with E-state index in [2.05, 4.69) is 4.98 Å². The van der Waals surface area contributed by atoms with Crippen LogP contribution in [0.2, 0.25) is 0 Å². The molecule has 1 rings (SSSR count). The normalized spacial score (nSPS) is 10.2. The molecule has 1 heterocycles. The molecule has 0 atom stereocenters. The Balaban J connectivity index is 2.85. The van der Waals surface area contributed by atoms with Crippen LogP contribution >= 0.6 is 0 Å². The second kappa shape index (κ2) is 2.87. The minimum Gasteiger partial charge on any atom is -0.516 e. The molecule has 2 heteroatoms. The van der Waals surface area contributed by atoms with Crippen LogP contribution in [0.5, 0.6) is 0 Å². The standard InChI is InChI=1S/C7H7NO/c9-6-4-7-3-1-2-5-8-7/h1-6,9H. The van der Waals surface area contributed by atoms with Crippen molar-refractivity contribution < 1.29 is 5.11 Å². The van der Waals surface area contributed by atoms with Crippen molar-refractivity contribution in [2.45, 2.75) is 0 Å². The Morgan fingerprint density at radius 3 is 2.89 bits per heavy atom. The summed E-state index contributed by atoms with van der Waals surface area (Å²) >= 11 is 0. The summed E-state index contributed by atoms with van der Waals surface area (Å²) in [6.45, 7) is 0. The van der Waals surface area contributed by atoms with Crippen LogP contribution in [-0.2, 0) is 0 Å². The molecule has 46 valence electrons. The van der Waals surface area contributed by atoms with Gasteiger partial charge in [0.1, 0.15) is 0 Å². The Kier molecular flexibility index (Phi) is 1.85. The summed E-state index contributed by atoms with van der Waals surface area (Å²) in [5.41, 5.74) is 0.764. The third kappa shape index (κ3) is 1.57. The fraction of sp³-hybridized carbons (Fsp3) is 0. The number of hydrogen-bond donors (Lipinski definition) is 1. The molecule has 0 fully saturated rings. The molecule has 1 aromatic rings. The van der Waals surface area contributed by atoms with Gasteiger partial charge in [-0.05, 0) is 18.2 Å². The highest BCUT2D eigenvalue weighted by Gasteiger charge is 1.80. The van der Waals surface area contributed by atoms with Gasteiger partial charge in [-0.1, -0.05) is 6.07 Å². The van der Waals surface area contributed by atoms with Gasteiger partial charge in [0, 0.05) is 6.20 Å². The van der Waals surface area contributed by atoms with Gasteiger partial charge in [-0.25, -0.2) is 0 Å². The van der Waals surface area contributed by atoms with Crippen molar-refractivity contribution in [2.24, 2.45) is 0 Å².